The van der Waals surface area contributed by atoms with Gasteiger partial charge in [-0.15, -0.1) is 0 Å². The maximum absolute atomic E-state index is 13.1. The third-order valence-electron chi connectivity index (χ3n) is 2.81. The molecular weight excluding hydrogens is 235 g/mol. The molecule has 1 amide bonds. The monoisotopic (exact) mass is 254 g/mol. The van der Waals surface area contributed by atoms with Gasteiger partial charge in [0.25, 0.3) is 0 Å². The second kappa shape index (κ2) is 6.47. The van der Waals surface area contributed by atoms with Crippen molar-refractivity contribution in [3.05, 3.63) is 35.6 Å². The quantitative estimate of drug-likeness (QED) is 0.709. The number of rotatable bonds is 7. The van der Waals surface area contributed by atoms with E-state index < -0.39 is 11.4 Å². The van der Waals surface area contributed by atoms with Crippen LogP contribution in [0.4, 0.5) is 4.39 Å². The van der Waals surface area contributed by atoms with Gasteiger partial charge in [0.15, 0.2) is 0 Å². The molecule has 0 saturated heterocycles. The fourth-order valence-electron chi connectivity index (χ4n) is 1.72. The molecule has 0 spiro atoms. The molecule has 0 saturated carbocycles. The van der Waals surface area contributed by atoms with Gasteiger partial charge in [0, 0.05) is 13.7 Å². The van der Waals surface area contributed by atoms with E-state index in [1.807, 2.05) is 0 Å². The smallest absolute Gasteiger partial charge is 0.237 e. The van der Waals surface area contributed by atoms with Gasteiger partial charge in [0.1, 0.15) is 5.82 Å². The number of halogens is 1. The lowest BCUT2D eigenvalue weighted by Crippen LogP contribution is -2.55. The minimum Gasteiger partial charge on any atom is -0.383 e. The van der Waals surface area contributed by atoms with Gasteiger partial charge in [0.2, 0.25) is 5.91 Å². The first-order valence-corrected chi connectivity index (χ1v) is 5.76. The van der Waals surface area contributed by atoms with Crippen LogP contribution in [0.15, 0.2) is 24.3 Å². The molecule has 1 rings (SSSR count). The van der Waals surface area contributed by atoms with Crippen LogP contribution in [0.1, 0.15) is 12.5 Å². The van der Waals surface area contributed by atoms with Gasteiger partial charge in [-0.2, -0.15) is 0 Å². The van der Waals surface area contributed by atoms with E-state index in [4.69, 9.17) is 10.5 Å². The van der Waals surface area contributed by atoms with E-state index in [0.29, 0.717) is 19.6 Å². The van der Waals surface area contributed by atoms with Crippen LogP contribution in [0.5, 0.6) is 0 Å². The molecule has 0 aliphatic heterocycles. The minimum atomic E-state index is -0.910. The number of carbonyl (C=O) groups is 1. The predicted molar refractivity (Wildman–Crippen MR) is 67.6 cm³/mol. The zero-order valence-corrected chi connectivity index (χ0v) is 10.7. The number of hydrogen-bond acceptors (Lipinski definition) is 3. The van der Waals surface area contributed by atoms with Crippen molar-refractivity contribution in [1.29, 1.82) is 0 Å². The zero-order valence-electron chi connectivity index (χ0n) is 10.7. The van der Waals surface area contributed by atoms with Crippen molar-refractivity contribution < 1.29 is 13.9 Å². The summed E-state index contributed by atoms with van der Waals surface area (Å²) < 4.78 is 18.0. The van der Waals surface area contributed by atoms with Crippen molar-refractivity contribution in [3.63, 3.8) is 0 Å². The molecule has 1 atom stereocenters. The Morgan fingerprint density at radius 1 is 1.56 bits per heavy atom. The molecule has 3 N–H and O–H groups in total. The molecule has 0 aliphatic carbocycles. The third-order valence-corrected chi connectivity index (χ3v) is 2.81. The molecule has 100 valence electrons. The fourth-order valence-corrected chi connectivity index (χ4v) is 1.72. The lowest BCUT2D eigenvalue weighted by Gasteiger charge is -2.27. The van der Waals surface area contributed by atoms with Crippen LogP contribution in [-0.2, 0) is 16.0 Å². The van der Waals surface area contributed by atoms with E-state index in [-0.39, 0.29) is 5.82 Å². The molecule has 0 radical (unpaired) electrons. The van der Waals surface area contributed by atoms with Gasteiger partial charge in [-0.1, -0.05) is 12.1 Å². The molecule has 0 aromatic heterocycles. The van der Waals surface area contributed by atoms with Crippen LogP contribution in [0, 0.1) is 5.82 Å². The number of nitrogens with one attached hydrogen (secondary N) is 1. The lowest BCUT2D eigenvalue weighted by molar-refractivity contribution is -0.123. The molecule has 0 bridgehead atoms. The van der Waals surface area contributed by atoms with E-state index in [1.165, 1.54) is 12.1 Å². The van der Waals surface area contributed by atoms with Crippen LogP contribution >= 0.6 is 0 Å². The van der Waals surface area contributed by atoms with E-state index in [2.05, 4.69) is 5.32 Å². The Bertz CT molecular complexity index is 412. The highest BCUT2D eigenvalue weighted by atomic mass is 19.1. The Hall–Kier alpha value is -1.46. The highest BCUT2D eigenvalue weighted by Gasteiger charge is 2.30. The number of nitrogens with two attached hydrogens (primary N) is 1. The second-order valence-electron chi connectivity index (χ2n) is 4.42. The summed E-state index contributed by atoms with van der Waals surface area (Å²) in [5.74, 6) is -0.793. The Morgan fingerprint density at radius 3 is 2.83 bits per heavy atom. The van der Waals surface area contributed by atoms with Crippen molar-refractivity contribution in [3.8, 4) is 0 Å². The van der Waals surface area contributed by atoms with E-state index in [1.54, 1.807) is 26.2 Å². The second-order valence-corrected chi connectivity index (χ2v) is 4.42. The first kappa shape index (κ1) is 14.6. The third kappa shape index (κ3) is 4.09. The van der Waals surface area contributed by atoms with E-state index in [0.717, 1.165) is 5.56 Å². The fraction of sp³-hybridized carbons (Fsp3) is 0.462. The average Bonchev–Trinajstić information content (AvgIpc) is 2.29. The van der Waals surface area contributed by atoms with Crippen LogP contribution in [0.25, 0.3) is 0 Å². The number of benzene rings is 1. The molecular formula is C13H19FN2O2. The Kier molecular flexibility index (Phi) is 5.25. The highest BCUT2D eigenvalue weighted by molar-refractivity contribution is 5.84. The summed E-state index contributed by atoms with van der Waals surface area (Å²) in [5.41, 5.74) is 5.22. The number of methoxy groups -OCH3 is 1. The largest absolute Gasteiger partial charge is 0.383 e. The molecule has 4 nitrogen and oxygen atoms in total. The molecule has 0 heterocycles. The number of primary amides is 1. The van der Waals surface area contributed by atoms with E-state index >= 15 is 0 Å². The number of ether oxygens (including phenoxy) is 1. The van der Waals surface area contributed by atoms with Crippen molar-refractivity contribution in [2.24, 2.45) is 5.73 Å². The Balaban J connectivity index is 2.76. The molecule has 1 aromatic rings. The van der Waals surface area contributed by atoms with Crippen molar-refractivity contribution in [2.75, 3.05) is 20.3 Å². The topological polar surface area (TPSA) is 64.3 Å². The first-order valence-electron chi connectivity index (χ1n) is 5.76. The minimum absolute atomic E-state index is 0.323. The molecule has 0 fully saturated rings. The predicted octanol–water partition coefficient (Wildman–Crippen LogP) is 0.848. The van der Waals surface area contributed by atoms with Gasteiger partial charge in [-0.25, -0.2) is 4.39 Å². The van der Waals surface area contributed by atoms with Crippen LogP contribution in [0.2, 0.25) is 0 Å². The van der Waals surface area contributed by atoms with Crippen LogP contribution in [0.3, 0.4) is 0 Å². The van der Waals surface area contributed by atoms with Crippen molar-refractivity contribution in [2.45, 2.75) is 18.9 Å². The number of amides is 1. The normalized spacial score (nSPS) is 14.2. The Morgan fingerprint density at radius 2 is 2.28 bits per heavy atom. The lowest BCUT2D eigenvalue weighted by atomic mass is 9.92. The summed E-state index contributed by atoms with van der Waals surface area (Å²) in [6.07, 6.45) is 0.337. The Labute approximate surface area is 106 Å². The van der Waals surface area contributed by atoms with Crippen LogP contribution in [-0.4, -0.2) is 31.7 Å². The van der Waals surface area contributed by atoms with Gasteiger partial charge < -0.3 is 15.8 Å². The molecule has 18 heavy (non-hydrogen) atoms. The SMILES string of the molecule is COCCNC(C)(Cc1cccc(F)c1)C(N)=O. The van der Waals surface area contributed by atoms with Crippen molar-refractivity contribution >= 4 is 5.91 Å². The standard InChI is InChI=1S/C13H19FN2O2/c1-13(12(15)17,16-6-7-18-2)9-10-4-3-5-11(14)8-10/h3-5,8,16H,6-7,9H2,1-2H3,(H2,15,17). The number of carbonyl (C=O) groups excluding carboxylic acids is 1. The van der Waals surface area contributed by atoms with Gasteiger partial charge in [-0.05, 0) is 31.0 Å². The first-order chi connectivity index (χ1) is 8.48. The molecule has 1 aromatic carbocycles. The maximum atomic E-state index is 13.1. The van der Waals surface area contributed by atoms with E-state index in [9.17, 15) is 9.18 Å². The molecule has 5 heteroatoms. The van der Waals surface area contributed by atoms with Crippen LogP contribution < -0.4 is 11.1 Å². The number of hydrogen-bond donors (Lipinski definition) is 2. The summed E-state index contributed by atoms with van der Waals surface area (Å²) in [5, 5.41) is 3.04. The maximum Gasteiger partial charge on any atom is 0.237 e. The van der Waals surface area contributed by atoms with Crippen molar-refractivity contribution in [1.82, 2.24) is 5.32 Å². The zero-order chi connectivity index (χ0) is 13.6. The highest BCUT2D eigenvalue weighted by Crippen LogP contribution is 2.14. The summed E-state index contributed by atoms with van der Waals surface area (Å²) in [7, 11) is 1.58. The van der Waals surface area contributed by atoms with Gasteiger partial charge >= 0.3 is 0 Å². The summed E-state index contributed by atoms with van der Waals surface area (Å²) in [4.78, 5) is 11.5. The molecule has 0 aliphatic rings. The average molecular weight is 254 g/mol. The summed E-state index contributed by atoms with van der Waals surface area (Å²) in [6, 6.07) is 6.14. The van der Waals surface area contributed by atoms with Gasteiger partial charge in [-0.3, -0.25) is 4.79 Å². The summed E-state index contributed by atoms with van der Waals surface area (Å²) in [6.45, 7) is 2.69. The molecule has 1 unspecified atom stereocenters. The summed E-state index contributed by atoms with van der Waals surface area (Å²) >= 11 is 0. The van der Waals surface area contributed by atoms with Gasteiger partial charge in [0.05, 0.1) is 12.1 Å².